The van der Waals surface area contributed by atoms with Gasteiger partial charge < -0.3 is 4.90 Å². The zero-order chi connectivity index (χ0) is 14.4. The van der Waals surface area contributed by atoms with Gasteiger partial charge in [-0.05, 0) is 32.7 Å². The van der Waals surface area contributed by atoms with Crippen molar-refractivity contribution in [3.05, 3.63) is 30.2 Å². The summed E-state index contributed by atoms with van der Waals surface area (Å²) in [4.78, 5) is 19.6. The predicted molar refractivity (Wildman–Crippen MR) is 79.2 cm³/mol. The van der Waals surface area contributed by atoms with Crippen LogP contribution in [-0.2, 0) is 0 Å². The summed E-state index contributed by atoms with van der Waals surface area (Å²) in [6, 6.07) is 2.99. The van der Waals surface area contributed by atoms with Gasteiger partial charge in [-0.3, -0.25) is 4.79 Å². The largest absolute Gasteiger partial charge is 0.300 e. The molecule has 0 aliphatic carbocycles. The van der Waals surface area contributed by atoms with Gasteiger partial charge in [-0.15, -0.1) is 0 Å². The molecular weight excluding hydrogens is 264 g/mol. The standard InChI is InChI=1S/C16H20N4O/c1-19-13-3-2-4-14(19)8-11(7-13)16(21)12-9-17-15-5-6-18-20(15)10-12/h5-6,9-11,13-14H,2-4,7-8H2,1H3. The molecule has 2 aromatic rings. The zero-order valence-electron chi connectivity index (χ0n) is 12.3. The highest BCUT2D eigenvalue weighted by Crippen LogP contribution is 2.37. The van der Waals surface area contributed by atoms with Crippen molar-refractivity contribution in [2.24, 2.45) is 5.92 Å². The zero-order valence-corrected chi connectivity index (χ0v) is 12.3. The number of nitrogens with zero attached hydrogens (tertiary/aromatic N) is 4. The first-order chi connectivity index (χ1) is 10.2. The molecule has 5 heteroatoms. The van der Waals surface area contributed by atoms with Crippen molar-refractivity contribution < 1.29 is 4.79 Å². The van der Waals surface area contributed by atoms with E-state index < -0.39 is 0 Å². The van der Waals surface area contributed by atoms with Crippen LogP contribution in [0.15, 0.2) is 24.7 Å². The van der Waals surface area contributed by atoms with Gasteiger partial charge in [-0.1, -0.05) is 6.42 Å². The van der Waals surface area contributed by atoms with Crippen LogP contribution in [0.5, 0.6) is 0 Å². The summed E-state index contributed by atoms with van der Waals surface area (Å²) >= 11 is 0. The van der Waals surface area contributed by atoms with Crippen molar-refractivity contribution in [3.63, 3.8) is 0 Å². The van der Waals surface area contributed by atoms with Gasteiger partial charge in [-0.25, -0.2) is 9.50 Å². The Morgan fingerprint density at radius 1 is 1.29 bits per heavy atom. The molecular formula is C16H20N4O. The van der Waals surface area contributed by atoms with Crippen molar-refractivity contribution in [1.29, 1.82) is 0 Å². The maximum Gasteiger partial charge on any atom is 0.169 e. The van der Waals surface area contributed by atoms with Crippen LogP contribution >= 0.6 is 0 Å². The van der Waals surface area contributed by atoms with E-state index in [9.17, 15) is 4.79 Å². The van der Waals surface area contributed by atoms with Gasteiger partial charge in [0.1, 0.15) is 0 Å². The smallest absolute Gasteiger partial charge is 0.169 e. The summed E-state index contributed by atoms with van der Waals surface area (Å²) in [5.74, 6) is 0.385. The number of rotatable bonds is 2. The summed E-state index contributed by atoms with van der Waals surface area (Å²) in [5, 5.41) is 4.17. The summed E-state index contributed by atoms with van der Waals surface area (Å²) < 4.78 is 1.68. The Morgan fingerprint density at radius 2 is 2.05 bits per heavy atom. The van der Waals surface area contributed by atoms with E-state index in [1.807, 2.05) is 12.3 Å². The Hall–Kier alpha value is -1.75. The molecule has 0 N–H and O–H groups in total. The van der Waals surface area contributed by atoms with Crippen LogP contribution in [0.4, 0.5) is 0 Å². The molecule has 0 radical (unpaired) electrons. The minimum absolute atomic E-state index is 0.145. The number of ketones is 1. The lowest BCUT2D eigenvalue weighted by Crippen LogP contribution is -2.51. The third kappa shape index (κ3) is 2.16. The maximum absolute atomic E-state index is 12.8. The van der Waals surface area contributed by atoms with Crippen LogP contribution in [-0.4, -0.2) is 44.4 Å². The number of aromatic nitrogens is 3. The van der Waals surface area contributed by atoms with Gasteiger partial charge in [0.15, 0.2) is 11.4 Å². The number of piperidine rings is 2. The van der Waals surface area contributed by atoms with E-state index in [0.717, 1.165) is 18.5 Å². The van der Waals surface area contributed by atoms with Crippen LogP contribution in [0.3, 0.4) is 0 Å². The fourth-order valence-electron chi connectivity index (χ4n) is 4.00. The van der Waals surface area contributed by atoms with Crippen LogP contribution in [0.2, 0.25) is 0 Å². The van der Waals surface area contributed by atoms with Gasteiger partial charge >= 0.3 is 0 Å². The molecule has 0 saturated carbocycles. The molecule has 0 amide bonds. The lowest BCUT2D eigenvalue weighted by Gasteiger charge is -2.46. The SMILES string of the molecule is CN1C2CCCC1CC(C(=O)c1cnc3ccnn3c1)C2. The van der Waals surface area contributed by atoms with Gasteiger partial charge in [0.25, 0.3) is 0 Å². The minimum atomic E-state index is 0.145. The number of fused-ring (bicyclic) bond motifs is 3. The first-order valence-electron chi connectivity index (χ1n) is 7.78. The van der Waals surface area contributed by atoms with Crippen molar-refractivity contribution in [3.8, 4) is 0 Å². The maximum atomic E-state index is 12.8. The van der Waals surface area contributed by atoms with Crippen LogP contribution in [0.25, 0.3) is 5.65 Å². The lowest BCUT2D eigenvalue weighted by atomic mass is 9.76. The molecule has 0 spiro atoms. The first-order valence-corrected chi connectivity index (χ1v) is 7.78. The second-order valence-corrected chi connectivity index (χ2v) is 6.41. The molecule has 4 heterocycles. The van der Waals surface area contributed by atoms with Gasteiger partial charge in [0.2, 0.25) is 0 Å². The van der Waals surface area contributed by atoms with Crippen molar-refractivity contribution in [2.45, 2.75) is 44.2 Å². The number of carbonyl (C=O) groups is 1. The molecule has 0 aromatic carbocycles. The lowest BCUT2D eigenvalue weighted by molar-refractivity contribution is 0.0338. The number of hydrogen-bond donors (Lipinski definition) is 0. The van der Waals surface area contributed by atoms with E-state index in [1.165, 1.54) is 19.3 Å². The normalized spacial score (nSPS) is 29.7. The number of carbonyl (C=O) groups excluding carboxylic acids is 1. The molecule has 110 valence electrons. The van der Waals surface area contributed by atoms with Crippen LogP contribution < -0.4 is 0 Å². The second kappa shape index (κ2) is 4.91. The molecule has 2 aliphatic heterocycles. The van der Waals surface area contributed by atoms with E-state index in [0.29, 0.717) is 17.6 Å². The number of hydrogen-bond acceptors (Lipinski definition) is 4. The van der Waals surface area contributed by atoms with Gasteiger partial charge in [-0.2, -0.15) is 5.10 Å². The molecule has 2 aliphatic rings. The average molecular weight is 284 g/mol. The Morgan fingerprint density at radius 3 is 2.81 bits per heavy atom. The van der Waals surface area contributed by atoms with Crippen LogP contribution in [0.1, 0.15) is 42.5 Å². The van der Waals surface area contributed by atoms with Gasteiger partial charge in [0.05, 0.1) is 11.8 Å². The molecule has 2 atom stereocenters. The van der Waals surface area contributed by atoms with Crippen molar-refractivity contribution in [2.75, 3.05) is 7.05 Å². The van der Waals surface area contributed by atoms with Crippen LogP contribution in [0, 0.1) is 5.92 Å². The highest BCUT2D eigenvalue weighted by Gasteiger charge is 2.38. The molecule has 2 saturated heterocycles. The summed E-state index contributed by atoms with van der Waals surface area (Å²) in [6.45, 7) is 0. The molecule has 21 heavy (non-hydrogen) atoms. The minimum Gasteiger partial charge on any atom is -0.300 e. The summed E-state index contributed by atoms with van der Waals surface area (Å²) in [5.41, 5.74) is 1.48. The molecule has 2 unspecified atom stereocenters. The monoisotopic (exact) mass is 284 g/mol. The second-order valence-electron chi connectivity index (χ2n) is 6.41. The summed E-state index contributed by atoms with van der Waals surface area (Å²) in [7, 11) is 2.21. The first kappa shape index (κ1) is 13.0. The fourth-order valence-corrected chi connectivity index (χ4v) is 4.00. The Balaban J connectivity index is 1.59. The highest BCUT2D eigenvalue weighted by molar-refractivity contribution is 5.97. The van der Waals surface area contributed by atoms with E-state index in [2.05, 4.69) is 22.0 Å². The molecule has 5 nitrogen and oxygen atoms in total. The van der Waals surface area contributed by atoms with Crippen molar-refractivity contribution in [1.82, 2.24) is 19.5 Å². The van der Waals surface area contributed by atoms with E-state index in [-0.39, 0.29) is 11.7 Å². The summed E-state index contributed by atoms with van der Waals surface area (Å²) in [6.07, 6.45) is 11.0. The number of Topliss-reactive ketones (excluding diaryl/α,β-unsaturated/α-hetero) is 1. The Kier molecular flexibility index (Phi) is 3.03. The van der Waals surface area contributed by atoms with E-state index in [1.54, 1.807) is 16.9 Å². The molecule has 2 aromatic heterocycles. The van der Waals surface area contributed by atoms with Gasteiger partial charge in [0, 0.05) is 36.5 Å². The third-order valence-corrected chi connectivity index (χ3v) is 5.24. The molecule has 4 rings (SSSR count). The molecule has 2 bridgehead atoms. The average Bonchev–Trinajstić information content (AvgIpc) is 2.93. The van der Waals surface area contributed by atoms with Crippen molar-refractivity contribution >= 4 is 11.4 Å². The quantitative estimate of drug-likeness (QED) is 0.793. The third-order valence-electron chi connectivity index (χ3n) is 5.24. The topological polar surface area (TPSA) is 50.5 Å². The Labute approximate surface area is 124 Å². The van der Waals surface area contributed by atoms with E-state index in [4.69, 9.17) is 0 Å². The predicted octanol–water partition coefficient (Wildman–Crippen LogP) is 2.17. The fraction of sp³-hybridized carbons (Fsp3) is 0.562. The molecule has 2 fully saturated rings. The van der Waals surface area contributed by atoms with E-state index >= 15 is 0 Å². The highest BCUT2D eigenvalue weighted by atomic mass is 16.1. The Bertz CT molecular complexity index is 666.